The summed E-state index contributed by atoms with van der Waals surface area (Å²) in [6.07, 6.45) is 7.48. The number of hydrazine groups is 1. The zero-order valence-corrected chi connectivity index (χ0v) is 12.2. The van der Waals surface area contributed by atoms with Crippen molar-refractivity contribution in [1.29, 1.82) is 0 Å². The van der Waals surface area contributed by atoms with E-state index in [1.165, 1.54) is 37.7 Å². The van der Waals surface area contributed by atoms with Gasteiger partial charge >= 0.3 is 0 Å². The lowest BCUT2D eigenvalue weighted by Crippen LogP contribution is -2.55. The van der Waals surface area contributed by atoms with Crippen molar-refractivity contribution in [2.24, 2.45) is 11.8 Å². The van der Waals surface area contributed by atoms with Crippen LogP contribution in [-0.4, -0.2) is 19.3 Å². The van der Waals surface area contributed by atoms with Crippen LogP contribution in [0.5, 0.6) is 0 Å². The van der Waals surface area contributed by atoms with Crippen molar-refractivity contribution in [2.75, 3.05) is 13.2 Å². The van der Waals surface area contributed by atoms with Crippen molar-refractivity contribution in [3.8, 4) is 0 Å². The SMILES string of the molecule is NNC(C1CCCOC1)C1(c2ccccc2)CCCC1. The van der Waals surface area contributed by atoms with Crippen molar-refractivity contribution >= 4 is 0 Å². The number of rotatable bonds is 4. The molecule has 20 heavy (non-hydrogen) atoms. The molecule has 2 unspecified atom stereocenters. The van der Waals surface area contributed by atoms with Crippen LogP contribution < -0.4 is 11.3 Å². The highest BCUT2D eigenvalue weighted by atomic mass is 16.5. The van der Waals surface area contributed by atoms with Crippen molar-refractivity contribution in [2.45, 2.75) is 50.0 Å². The molecule has 2 fully saturated rings. The second kappa shape index (κ2) is 6.25. The largest absolute Gasteiger partial charge is 0.381 e. The normalized spacial score (nSPS) is 27.4. The molecule has 1 aromatic rings. The highest BCUT2D eigenvalue weighted by Crippen LogP contribution is 2.46. The zero-order chi connectivity index (χ0) is 13.8. The number of nitrogens with one attached hydrogen (secondary N) is 1. The lowest BCUT2D eigenvalue weighted by Gasteiger charge is -2.43. The lowest BCUT2D eigenvalue weighted by molar-refractivity contribution is 0.0232. The first-order valence-corrected chi connectivity index (χ1v) is 7.96. The molecule has 3 rings (SSSR count). The quantitative estimate of drug-likeness (QED) is 0.655. The van der Waals surface area contributed by atoms with Crippen molar-refractivity contribution in [3.05, 3.63) is 35.9 Å². The summed E-state index contributed by atoms with van der Waals surface area (Å²) in [6.45, 7) is 1.76. The van der Waals surface area contributed by atoms with E-state index in [0.717, 1.165) is 19.6 Å². The summed E-state index contributed by atoms with van der Waals surface area (Å²) < 4.78 is 5.71. The Hall–Kier alpha value is -0.900. The highest BCUT2D eigenvalue weighted by Gasteiger charge is 2.45. The molecular formula is C17H26N2O. The predicted octanol–water partition coefficient (Wildman–Crippen LogP) is 2.76. The summed E-state index contributed by atoms with van der Waals surface area (Å²) in [4.78, 5) is 0. The molecule has 3 N–H and O–H groups in total. The van der Waals surface area contributed by atoms with Crippen LogP contribution in [0.25, 0.3) is 0 Å². The Morgan fingerprint density at radius 1 is 1.15 bits per heavy atom. The van der Waals surface area contributed by atoms with Crippen molar-refractivity contribution in [3.63, 3.8) is 0 Å². The number of benzene rings is 1. The monoisotopic (exact) mass is 274 g/mol. The summed E-state index contributed by atoms with van der Waals surface area (Å²) in [5.41, 5.74) is 4.82. The van der Waals surface area contributed by atoms with E-state index in [4.69, 9.17) is 10.6 Å². The van der Waals surface area contributed by atoms with Crippen LogP contribution in [0.4, 0.5) is 0 Å². The Balaban J connectivity index is 1.91. The molecule has 1 saturated heterocycles. The van der Waals surface area contributed by atoms with Gasteiger partial charge < -0.3 is 4.74 Å². The summed E-state index contributed by atoms with van der Waals surface area (Å²) in [6, 6.07) is 11.3. The molecular weight excluding hydrogens is 248 g/mol. The number of hydrogen-bond acceptors (Lipinski definition) is 3. The molecule has 0 bridgehead atoms. The summed E-state index contributed by atoms with van der Waals surface area (Å²) in [5.74, 6) is 6.53. The fourth-order valence-corrected chi connectivity index (χ4v) is 4.33. The van der Waals surface area contributed by atoms with Crippen LogP contribution in [-0.2, 0) is 10.2 Å². The molecule has 0 spiro atoms. The van der Waals surface area contributed by atoms with Crippen LogP contribution in [0.2, 0.25) is 0 Å². The van der Waals surface area contributed by atoms with E-state index in [1.54, 1.807) is 0 Å². The zero-order valence-electron chi connectivity index (χ0n) is 12.2. The molecule has 110 valence electrons. The number of nitrogens with two attached hydrogens (primary N) is 1. The Morgan fingerprint density at radius 3 is 2.50 bits per heavy atom. The summed E-state index contributed by atoms with van der Waals surface area (Å²) in [5, 5.41) is 0. The van der Waals surface area contributed by atoms with E-state index in [-0.39, 0.29) is 5.41 Å². The maximum atomic E-state index is 6.00. The first kappa shape index (κ1) is 14.1. The van der Waals surface area contributed by atoms with Gasteiger partial charge in [0.1, 0.15) is 0 Å². The third-order valence-corrected chi connectivity index (χ3v) is 5.29. The Kier molecular flexibility index (Phi) is 4.39. The molecule has 2 atom stereocenters. The van der Waals surface area contributed by atoms with Gasteiger partial charge in [-0.3, -0.25) is 11.3 Å². The first-order valence-electron chi connectivity index (χ1n) is 7.96. The van der Waals surface area contributed by atoms with E-state index in [2.05, 4.69) is 35.8 Å². The van der Waals surface area contributed by atoms with Gasteiger partial charge in [0.25, 0.3) is 0 Å². The van der Waals surface area contributed by atoms with E-state index < -0.39 is 0 Å². The van der Waals surface area contributed by atoms with Crippen LogP contribution >= 0.6 is 0 Å². The summed E-state index contributed by atoms with van der Waals surface area (Å²) in [7, 11) is 0. The third-order valence-electron chi connectivity index (χ3n) is 5.29. The van der Waals surface area contributed by atoms with Crippen molar-refractivity contribution < 1.29 is 4.74 Å². The van der Waals surface area contributed by atoms with Crippen LogP contribution in [0.1, 0.15) is 44.1 Å². The molecule has 1 aliphatic carbocycles. The molecule has 0 aromatic heterocycles. The maximum Gasteiger partial charge on any atom is 0.0510 e. The second-order valence-corrected chi connectivity index (χ2v) is 6.35. The number of hydrogen-bond donors (Lipinski definition) is 2. The van der Waals surface area contributed by atoms with Crippen LogP contribution in [0.15, 0.2) is 30.3 Å². The topological polar surface area (TPSA) is 47.3 Å². The molecule has 2 aliphatic rings. The summed E-state index contributed by atoms with van der Waals surface area (Å²) >= 11 is 0. The van der Waals surface area contributed by atoms with Gasteiger partial charge in [-0.2, -0.15) is 0 Å². The molecule has 0 radical (unpaired) electrons. The second-order valence-electron chi connectivity index (χ2n) is 6.35. The van der Waals surface area contributed by atoms with Gasteiger partial charge in [0.05, 0.1) is 6.61 Å². The van der Waals surface area contributed by atoms with E-state index in [1.807, 2.05) is 0 Å². The standard InChI is InChI=1S/C17H26N2O/c18-19-16(14-7-6-12-20-13-14)17(10-4-5-11-17)15-8-2-1-3-9-15/h1-3,8-9,14,16,19H,4-7,10-13,18H2. The minimum atomic E-state index is 0.196. The average molecular weight is 274 g/mol. The van der Waals surface area contributed by atoms with Crippen LogP contribution in [0, 0.1) is 5.92 Å². The Labute approximate surface area is 121 Å². The fraction of sp³-hybridized carbons (Fsp3) is 0.647. The van der Waals surface area contributed by atoms with Gasteiger partial charge in [0.15, 0.2) is 0 Å². The van der Waals surface area contributed by atoms with Crippen molar-refractivity contribution in [1.82, 2.24) is 5.43 Å². The maximum absolute atomic E-state index is 6.00. The first-order chi connectivity index (χ1) is 9.87. The van der Waals surface area contributed by atoms with E-state index >= 15 is 0 Å². The third kappa shape index (κ3) is 2.50. The van der Waals surface area contributed by atoms with Gasteiger partial charge in [-0.1, -0.05) is 43.2 Å². The molecule has 3 heteroatoms. The lowest BCUT2D eigenvalue weighted by atomic mass is 9.67. The van der Waals surface area contributed by atoms with E-state index in [0.29, 0.717) is 12.0 Å². The van der Waals surface area contributed by atoms with Gasteiger partial charge in [0.2, 0.25) is 0 Å². The smallest absolute Gasteiger partial charge is 0.0510 e. The Bertz CT molecular complexity index is 408. The predicted molar refractivity (Wildman–Crippen MR) is 81.2 cm³/mol. The molecule has 1 heterocycles. The van der Waals surface area contributed by atoms with Gasteiger partial charge in [-0.15, -0.1) is 0 Å². The van der Waals surface area contributed by atoms with Gasteiger partial charge in [-0.05, 0) is 37.2 Å². The molecule has 1 aliphatic heterocycles. The average Bonchev–Trinajstić information content (AvgIpc) is 3.01. The minimum Gasteiger partial charge on any atom is -0.381 e. The Morgan fingerprint density at radius 2 is 1.90 bits per heavy atom. The highest BCUT2D eigenvalue weighted by molar-refractivity contribution is 5.29. The van der Waals surface area contributed by atoms with Gasteiger partial charge in [0, 0.05) is 18.1 Å². The molecule has 3 nitrogen and oxygen atoms in total. The van der Waals surface area contributed by atoms with Crippen LogP contribution in [0.3, 0.4) is 0 Å². The van der Waals surface area contributed by atoms with E-state index in [9.17, 15) is 0 Å². The molecule has 1 saturated carbocycles. The number of ether oxygens (including phenoxy) is 1. The molecule has 1 aromatic carbocycles. The fourth-order valence-electron chi connectivity index (χ4n) is 4.33. The van der Waals surface area contributed by atoms with Gasteiger partial charge in [-0.25, -0.2) is 0 Å². The molecule has 0 amide bonds. The minimum absolute atomic E-state index is 0.196.